The van der Waals surface area contributed by atoms with Gasteiger partial charge in [0, 0.05) is 7.05 Å². The number of hydrogen-bond donors (Lipinski definition) is 2. The molecule has 1 aromatic carbocycles. The third-order valence-electron chi connectivity index (χ3n) is 2.42. The number of amides is 1. The number of anilines is 1. The molecular weight excluding hydrogens is 284 g/mol. The lowest BCUT2D eigenvalue weighted by Crippen LogP contribution is -2.32. The smallest absolute Gasteiger partial charge is 0.323 e. The summed E-state index contributed by atoms with van der Waals surface area (Å²) < 4.78 is 24.8. The Balaban J connectivity index is 3.18. The largest absolute Gasteiger partial charge is 0.480 e. The van der Waals surface area contributed by atoms with Gasteiger partial charge in [-0.05, 0) is 19.1 Å². The number of rotatable bonds is 5. The highest BCUT2D eigenvalue weighted by Crippen LogP contribution is 2.20. The van der Waals surface area contributed by atoms with Crippen LogP contribution in [0.4, 0.5) is 5.69 Å². The second-order valence-electron chi connectivity index (χ2n) is 4.48. The summed E-state index contributed by atoms with van der Waals surface area (Å²) in [6.07, 6.45) is 0.974. The minimum atomic E-state index is -3.53. The molecule has 110 valence electrons. The molecule has 1 amide bonds. The quantitative estimate of drug-likeness (QED) is 0.825. The van der Waals surface area contributed by atoms with Crippen molar-refractivity contribution in [1.82, 2.24) is 4.90 Å². The van der Waals surface area contributed by atoms with Crippen LogP contribution in [-0.4, -0.2) is 50.1 Å². The van der Waals surface area contributed by atoms with Gasteiger partial charge in [-0.25, -0.2) is 8.42 Å². The second-order valence-corrected chi connectivity index (χ2v) is 6.23. The Kier molecular flexibility index (Phi) is 4.72. The first-order chi connectivity index (χ1) is 9.10. The number of carboxylic acids is 1. The van der Waals surface area contributed by atoms with Crippen molar-refractivity contribution in [2.24, 2.45) is 0 Å². The van der Waals surface area contributed by atoms with E-state index in [2.05, 4.69) is 4.72 Å². The number of carboxylic acid groups (broad SMARTS) is 1. The molecule has 0 unspecified atom stereocenters. The maximum absolute atomic E-state index is 12.2. The minimum Gasteiger partial charge on any atom is -0.480 e. The first-order valence-corrected chi connectivity index (χ1v) is 7.55. The minimum absolute atomic E-state index is 0.110. The normalized spacial score (nSPS) is 10.9. The van der Waals surface area contributed by atoms with Gasteiger partial charge in [-0.2, -0.15) is 0 Å². The van der Waals surface area contributed by atoms with Crippen molar-refractivity contribution >= 4 is 27.6 Å². The van der Waals surface area contributed by atoms with E-state index in [9.17, 15) is 18.0 Å². The molecule has 0 saturated carbocycles. The molecule has 0 heterocycles. The number of nitrogens with zero attached hydrogens (tertiary/aromatic N) is 1. The van der Waals surface area contributed by atoms with Gasteiger partial charge in [-0.3, -0.25) is 14.3 Å². The highest BCUT2D eigenvalue weighted by atomic mass is 32.2. The van der Waals surface area contributed by atoms with Gasteiger partial charge in [0.2, 0.25) is 10.0 Å². The molecule has 2 N–H and O–H groups in total. The summed E-state index contributed by atoms with van der Waals surface area (Å²) in [5.41, 5.74) is 0.996. The second kappa shape index (κ2) is 5.91. The summed E-state index contributed by atoms with van der Waals surface area (Å²) >= 11 is 0. The number of likely N-dealkylation sites (N-methyl/N-ethyl adjacent to an activating group) is 1. The zero-order valence-electron chi connectivity index (χ0n) is 11.4. The zero-order chi connectivity index (χ0) is 15.5. The number of sulfonamides is 1. The Morgan fingerprint density at radius 3 is 2.45 bits per heavy atom. The number of aliphatic carboxylic acids is 1. The SMILES string of the molecule is Cc1ccc(NS(C)(=O)=O)c(C(=O)N(C)CC(=O)O)c1. The van der Waals surface area contributed by atoms with Crippen molar-refractivity contribution in [3.63, 3.8) is 0 Å². The van der Waals surface area contributed by atoms with Crippen molar-refractivity contribution < 1.29 is 23.1 Å². The van der Waals surface area contributed by atoms with Gasteiger partial charge in [0.05, 0.1) is 17.5 Å². The lowest BCUT2D eigenvalue weighted by atomic mass is 10.1. The molecular formula is C12H16N2O5S. The van der Waals surface area contributed by atoms with Crippen LogP contribution in [0, 0.1) is 6.92 Å². The molecule has 8 heteroatoms. The van der Waals surface area contributed by atoms with Crippen molar-refractivity contribution in [2.45, 2.75) is 6.92 Å². The molecule has 0 aromatic heterocycles. The Morgan fingerprint density at radius 1 is 1.35 bits per heavy atom. The third-order valence-corrected chi connectivity index (χ3v) is 3.01. The Morgan fingerprint density at radius 2 is 1.95 bits per heavy atom. The number of carbonyl (C=O) groups is 2. The lowest BCUT2D eigenvalue weighted by molar-refractivity contribution is -0.137. The van der Waals surface area contributed by atoms with E-state index in [1.165, 1.54) is 19.2 Å². The van der Waals surface area contributed by atoms with E-state index in [0.29, 0.717) is 0 Å². The molecule has 0 aliphatic rings. The third kappa shape index (κ3) is 4.54. The van der Waals surface area contributed by atoms with Gasteiger partial charge in [0.15, 0.2) is 0 Å². The topological polar surface area (TPSA) is 104 Å². The molecule has 0 atom stereocenters. The Bertz CT molecular complexity index is 639. The van der Waals surface area contributed by atoms with Crippen LogP contribution in [0.5, 0.6) is 0 Å². The maximum atomic E-state index is 12.2. The summed E-state index contributed by atoms with van der Waals surface area (Å²) in [6.45, 7) is 1.28. The van der Waals surface area contributed by atoms with E-state index in [-0.39, 0.29) is 11.3 Å². The van der Waals surface area contributed by atoms with Crippen molar-refractivity contribution in [1.29, 1.82) is 0 Å². The van der Waals surface area contributed by atoms with Crippen LogP contribution < -0.4 is 4.72 Å². The fourth-order valence-electron chi connectivity index (χ4n) is 1.60. The standard InChI is InChI=1S/C12H16N2O5S/c1-8-4-5-10(13-20(3,18)19)9(6-8)12(17)14(2)7-11(15)16/h4-6,13H,7H2,1-3H3,(H,15,16). The van der Waals surface area contributed by atoms with Crippen LogP contribution in [0.25, 0.3) is 0 Å². The van der Waals surface area contributed by atoms with E-state index in [1.54, 1.807) is 13.0 Å². The molecule has 0 radical (unpaired) electrons. The van der Waals surface area contributed by atoms with E-state index in [4.69, 9.17) is 5.11 Å². The predicted octanol–water partition coefficient (Wildman–Crippen LogP) is 0.523. The summed E-state index contributed by atoms with van der Waals surface area (Å²) in [7, 11) is -2.20. The van der Waals surface area contributed by atoms with Gasteiger partial charge in [-0.1, -0.05) is 11.6 Å². The van der Waals surface area contributed by atoms with Gasteiger partial charge < -0.3 is 10.0 Å². The molecule has 1 aromatic rings. The van der Waals surface area contributed by atoms with Gasteiger partial charge in [0.1, 0.15) is 6.54 Å². The van der Waals surface area contributed by atoms with E-state index in [0.717, 1.165) is 16.7 Å². The summed E-state index contributed by atoms with van der Waals surface area (Å²) in [5.74, 6) is -1.71. The molecule has 1 rings (SSSR count). The zero-order valence-corrected chi connectivity index (χ0v) is 12.2. The molecule has 0 aliphatic heterocycles. The van der Waals surface area contributed by atoms with Crippen LogP contribution in [0.15, 0.2) is 18.2 Å². The molecule has 20 heavy (non-hydrogen) atoms. The number of aryl methyl sites for hydroxylation is 1. The molecule has 0 aliphatic carbocycles. The molecule has 0 spiro atoms. The summed E-state index contributed by atoms with van der Waals surface area (Å²) in [4.78, 5) is 23.8. The Labute approximate surface area is 117 Å². The highest BCUT2D eigenvalue weighted by Gasteiger charge is 2.19. The predicted molar refractivity (Wildman–Crippen MR) is 74.2 cm³/mol. The van der Waals surface area contributed by atoms with Crippen molar-refractivity contribution in [3.05, 3.63) is 29.3 Å². The molecule has 7 nitrogen and oxygen atoms in total. The lowest BCUT2D eigenvalue weighted by Gasteiger charge is -2.17. The maximum Gasteiger partial charge on any atom is 0.323 e. The van der Waals surface area contributed by atoms with Crippen LogP contribution in [0.2, 0.25) is 0 Å². The average Bonchev–Trinajstić information content (AvgIpc) is 2.28. The average molecular weight is 300 g/mol. The fourth-order valence-corrected chi connectivity index (χ4v) is 2.18. The number of benzene rings is 1. The first kappa shape index (κ1) is 16.0. The summed E-state index contributed by atoms with van der Waals surface area (Å²) in [6, 6.07) is 4.63. The van der Waals surface area contributed by atoms with Crippen LogP contribution >= 0.6 is 0 Å². The molecule has 0 saturated heterocycles. The number of nitrogens with one attached hydrogen (secondary N) is 1. The Hall–Kier alpha value is -2.09. The van der Waals surface area contributed by atoms with Gasteiger partial charge in [0.25, 0.3) is 5.91 Å². The van der Waals surface area contributed by atoms with E-state index in [1.807, 2.05) is 0 Å². The fraction of sp³-hybridized carbons (Fsp3) is 0.333. The molecule has 0 fully saturated rings. The monoisotopic (exact) mass is 300 g/mol. The van der Waals surface area contributed by atoms with E-state index < -0.39 is 28.4 Å². The van der Waals surface area contributed by atoms with Crippen LogP contribution in [0.1, 0.15) is 15.9 Å². The first-order valence-electron chi connectivity index (χ1n) is 5.66. The molecule has 0 bridgehead atoms. The van der Waals surface area contributed by atoms with Gasteiger partial charge in [-0.15, -0.1) is 0 Å². The summed E-state index contributed by atoms with van der Waals surface area (Å²) in [5, 5.41) is 8.68. The van der Waals surface area contributed by atoms with Crippen molar-refractivity contribution in [2.75, 3.05) is 24.6 Å². The van der Waals surface area contributed by atoms with Crippen LogP contribution in [-0.2, 0) is 14.8 Å². The highest BCUT2D eigenvalue weighted by molar-refractivity contribution is 7.92. The van der Waals surface area contributed by atoms with Crippen molar-refractivity contribution in [3.8, 4) is 0 Å². The number of carbonyl (C=O) groups excluding carboxylic acids is 1. The van der Waals surface area contributed by atoms with Crippen LogP contribution in [0.3, 0.4) is 0 Å². The van der Waals surface area contributed by atoms with E-state index >= 15 is 0 Å². The number of hydrogen-bond acceptors (Lipinski definition) is 4. The van der Waals surface area contributed by atoms with Gasteiger partial charge >= 0.3 is 5.97 Å².